The van der Waals surface area contributed by atoms with Crippen molar-refractivity contribution in [3.8, 4) is 0 Å². The van der Waals surface area contributed by atoms with Crippen LogP contribution in [0.1, 0.15) is 32.2 Å². The predicted octanol–water partition coefficient (Wildman–Crippen LogP) is -1.96. The minimum absolute atomic E-state index is 0.00591. The first-order valence-electron chi connectivity index (χ1n) is 20.6. The van der Waals surface area contributed by atoms with Crippen molar-refractivity contribution in [3.05, 3.63) is 35.5 Å². The summed E-state index contributed by atoms with van der Waals surface area (Å²) < 4.78 is 62.5. The number of thiazole rings is 1. The molecule has 0 radical (unpaired) electrons. The molecule has 9 atom stereocenters. The maximum absolute atomic E-state index is 13.1. The molecule has 0 bridgehead atoms. The van der Waals surface area contributed by atoms with Crippen LogP contribution in [0.4, 0.5) is 10.9 Å². The molecule has 4 amide bonds. The van der Waals surface area contributed by atoms with E-state index in [1.54, 1.807) is 6.08 Å². The van der Waals surface area contributed by atoms with Gasteiger partial charge in [0.05, 0.1) is 25.2 Å². The number of imidazole rings is 1. The van der Waals surface area contributed by atoms with E-state index in [0.29, 0.717) is 5.75 Å². The van der Waals surface area contributed by atoms with Crippen LogP contribution < -0.4 is 27.4 Å². The van der Waals surface area contributed by atoms with Gasteiger partial charge in [0.2, 0.25) is 16.9 Å². The van der Waals surface area contributed by atoms with Crippen molar-refractivity contribution in [3.63, 3.8) is 0 Å². The van der Waals surface area contributed by atoms with Crippen LogP contribution in [0.5, 0.6) is 0 Å². The van der Waals surface area contributed by atoms with Crippen LogP contribution >= 0.6 is 58.3 Å². The van der Waals surface area contributed by atoms with Crippen LogP contribution in [0.3, 0.4) is 0 Å². The minimum atomic E-state index is -5.63. The number of hydrogen-bond donors (Lipinski definition) is 11. The zero-order valence-electron chi connectivity index (χ0n) is 37.6. The van der Waals surface area contributed by atoms with E-state index in [9.17, 15) is 67.5 Å². The first-order chi connectivity index (χ1) is 33.7. The number of nitrogens with zero attached hydrogens (tertiary/aromatic N) is 7. The molecule has 0 saturated carbocycles. The summed E-state index contributed by atoms with van der Waals surface area (Å²) >= 11 is 3.24. The van der Waals surface area contributed by atoms with E-state index in [4.69, 9.17) is 30.1 Å². The molecule has 38 heteroatoms. The molecular weight excluding hydrogens is 1090 g/mol. The number of hydrogen-bond acceptors (Lipinski definition) is 26. The van der Waals surface area contributed by atoms with E-state index in [1.165, 1.54) is 43.0 Å². The molecule has 13 N–H and O–H groups in total. The summed E-state index contributed by atoms with van der Waals surface area (Å²) in [5.74, 6) is -2.45. The largest absolute Gasteiger partial charge is 0.481 e. The molecule has 3 aromatic heterocycles. The Hall–Kier alpha value is -4.51. The van der Waals surface area contributed by atoms with Gasteiger partial charge in [0, 0.05) is 41.8 Å². The number of phosphoric ester groups is 3. The normalized spacial score (nSPS) is 23.5. The summed E-state index contributed by atoms with van der Waals surface area (Å²) in [6.45, 7) is 0.0463. The van der Waals surface area contributed by atoms with Gasteiger partial charge in [-0.25, -0.2) is 33.6 Å². The topological polar surface area (TPSA) is 474 Å². The highest BCUT2D eigenvalue weighted by Crippen LogP contribution is 2.61. The molecule has 7 unspecified atom stereocenters. The number of nitrogens with one attached hydrogen (secondary N) is 3. The zero-order chi connectivity index (χ0) is 52.9. The third kappa shape index (κ3) is 14.0. The number of carbonyl (C=O) groups is 5. The third-order valence-corrected chi connectivity index (χ3v) is 16.1. The molecule has 6 heterocycles. The van der Waals surface area contributed by atoms with Crippen LogP contribution in [-0.4, -0.2) is 174 Å². The standard InChI is InChI=1S/C34H47N12O20P3S3/c1-34(2,12-63-69(59,60)66-68(57,58)62-10-17-23(65-67(54,55)56)22(48)30(64-17)45-14-41-20-25(35)39-13-40-26(20)45)24(49)28(51)38-6-4-18(47)37-7-9-71-32(53)16-5-8-70-31-21(29(52)46(16)31)43-27(50)19(44-61-3)15-11-72-33(36)42-15/h5,11,13-14,17,21-24,30-31,48-49H,4,6-10,12H2,1-3H3,(H2,36,42)(H,37,47)(H,38,51)(H,43,50)(H,57,58)(H,59,60)(H2,35,39,40)(H2,54,55,56)/b44-19-/t17?,21-,22?,23?,24?,30?,31-/m1/s1. The van der Waals surface area contributed by atoms with Crippen molar-refractivity contribution in [2.24, 2.45) is 10.6 Å². The van der Waals surface area contributed by atoms with Crippen molar-refractivity contribution in [2.45, 2.75) is 62.3 Å². The quantitative estimate of drug-likeness (QED) is 0.0152. The number of rotatable bonds is 24. The molecule has 6 rings (SSSR count). The summed E-state index contributed by atoms with van der Waals surface area (Å²) in [6, 6.07) is -0.968. The van der Waals surface area contributed by atoms with E-state index in [-0.39, 0.29) is 64.5 Å². The molecule has 3 aliphatic heterocycles. The zero-order valence-corrected chi connectivity index (χ0v) is 42.7. The number of aliphatic hydroxyl groups excluding tert-OH is 2. The molecular formula is C34H47N12O20P3S3. The number of fused-ring (bicyclic) bond motifs is 2. The van der Waals surface area contributed by atoms with Crippen LogP contribution in [0, 0.1) is 5.41 Å². The average Bonchev–Trinajstić information content (AvgIpc) is 4.02. The van der Waals surface area contributed by atoms with E-state index < -0.39 is 113 Å². The number of anilines is 2. The molecule has 2 fully saturated rings. The monoisotopic (exact) mass is 1130 g/mol. The van der Waals surface area contributed by atoms with Crippen LogP contribution in [0.15, 0.2) is 35.0 Å². The fourth-order valence-corrected chi connectivity index (χ4v) is 12.1. The Morgan fingerprint density at radius 2 is 1.79 bits per heavy atom. The summed E-state index contributed by atoms with van der Waals surface area (Å²) in [6.07, 6.45) is -5.67. The number of phosphoric acid groups is 3. The Morgan fingerprint density at radius 3 is 2.47 bits per heavy atom. The third-order valence-electron chi connectivity index (χ3n) is 10.2. The number of aliphatic hydroxyl groups is 2. The summed E-state index contributed by atoms with van der Waals surface area (Å²) in [7, 11) is -15.3. The number of amides is 4. The van der Waals surface area contributed by atoms with Crippen molar-refractivity contribution in [1.82, 2.24) is 45.4 Å². The molecule has 32 nitrogen and oxygen atoms in total. The number of aromatic nitrogens is 5. The van der Waals surface area contributed by atoms with Gasteiger partial charge in [-0.2, -0.15) is 4.31 Å². The van der Waals surface area contributed by atoms with Gasteiger partial charge in [-0.3, -0.25) is 47.0 Å². The van der Waals surface area contributed by atoms with Crippen LogP contribution in [0.25, 0.3) is 11.2 Å². The number of ether oxygens (including phenoxy) is 1. The van der Waals surface area contributed by atoms with E-state index >= 15 is 0 Å². The molecule has 3 aliphatic rings. The minimum Gasteiger partial charge on any atom is -0.398 e. The van der Waals surface area contributed by atoms with E-state index in [2.05, 4.69) is 49.9 Å². The lowest BCUT2D eigenvalue weighted by Gasteiger charge is -2.48. The van der Waals surface area contributed by atoms with Gasteiger partial charge in [-0.1, -0.05) is 30.8 Å². The SMILES string of the molecule is CO/N=C(\C(=O)N[C@@H]1C(=O)N2C(C(=O)SCCNC(=O)CCNC(=O)C(O)C(C)(C)COP(=O)(O)OP(=O)(O)OCC3OC(n4cnc5c(N)ncnc54)C(O)C3OP(=O)(O)O)=CCS[C@H]12)c1csc(N)n1. The first-order valence-corrected chi connectivity index (χ1v) is 28.0. The highest BCUT2D eigenvalue weighted by Gasteiger charge is 2.53. The number of thioether (sulfide) groups is 2. The Bertz CT molecular complexity index is 2760. The van der Waals surface area contributed by atoms with Crippen molar-refractivity contribution in [1.29, 1.82) is 0 Å². The Morgan fingerprint density at radius 1 is 1.07 bits per heavy atom. The van der Waals surface area contributed by atoms with Gasteiger partial charge >= 0.3 is 23.5 Å². The Balaban J connectivity index is 0.891. The number of β-lactam (4-membered cyclic amide) rings is 1. The maximum atomic E-state index is 13.1. The lowest BCUT2D eigenvalue weighted by Crippen LogP contribution is -2.70. The molecule has 2 saturated heterocycles. The molecule has 3 aromatic rings. The Labute approximate surface area is 418 Å². The number of nitrogens with two attached hydrogens (primary N) is 2. The summed E-state index contributed by atoms with van der Waals surface area (Å²) in [5.41, 5.74) is 9.92. The number of carbonyl (C=O) groups excluding carboxylic acids is 5. The van der Waals surface area contributed by atoms with Crippen LogP contribution in [0.2, 0.25) is 0 Å². The van der Waals surface area contributed by atoms with E-state index in [0.717, 1.165) is 40.3 Å². The van der Waals surface area contributed by atoms with Gasteiger partial charge in [0.25, 0.3) is 11.8 Å². The number of nitrogen functional groups attached to an aromatic ring is 2. The predicted molar refractivity (Wildman–Crippen MR) is 250 cm³/mol. The molecule has 0 aliphatic carbocycles. The van der Waals surface area contributed by atoms with Crippen molar-refractivity contribution in [2.75, 3.05) is 56.4 Å². The lowest BCUT2D eigenvalue weighted by molar-refractivity contribution is -0.146. The molecule has 396 valence electrons. The summed E-state index contributed by atoms with van der Waals surface area (Å²) in [4.78, 5) is 126. The molecule has 0 aromatic carbocycles. The second kappa shape index (κ2) is 23.4. The van der Waals surface area contributed by atoms with Gasteiger partial charge in [-0.15, -0.1) is 23.1 Å². The van der Waals surface area contributed by atoms with Gasteiger partial charge in [0.1, 0.15) is 60.5 Å². The molecule has 0 spiro atoms. The molecule has 72 heavy (non-hydrogen) atoms. The fraction of sp³-hybridized carbons (Fsp3) is 0.529. The first kappa shape index (κ1) is 56.8. The second-order valence-electron chi connectivity index (χ2n) is 15.9. The Kier molecular flexibility index (Phi) is 18.4. The highest BCUT2D eigenvalue weighted by molar-refractivity contribution is 8.14. The fourth-order valence-electron chi connectivity index (χ4n) is 6.78. The van der Waals surface area contributed by atoms with E-state index in [1.807, 2.05) is 0 Å². The number of oxime groups is 1. The smallest absolute Gasteiger partial charge is 0.398 e. The average molecular weight is 1130 g/mol. The summed E-state index contributed by atoms with van der Waals surface area (Å²) in [5, 5.41) is 33.5. The van der Waals surface area contributed by atoms with Crippen molar-refractivity contribution < 1.29 is 94.9 Å². The van der Waals surface area contributed by atoms with Crippen molar-refractivity contribution >= 4 is 115 Å². The van der Waals surface area contributed by atoms with Gasteiger partial charge in [-0.05, 0) is 6.08 Å². The maximum Gasteiger partial charge on any atom is 0.481 e. The van der Waals surface area contributed by atoms with Crippen LogP contribution in [-0.2, 0) is 65.1 Å². The lowest BCUT2D eigenvalue weighted by atomic mass is 9.87. The highest BCUT2D eigenvalue weighted by atomic mass is 32.2. The van der Waals surface area contributed by atoms with Gasteiger partial charge < -0.3 is 66.8 Å². The van der Waals surface area contributed by atoms with Gasteiger partial charge in [0.15, 0.2) is 28.5 Å². The second-order valence-corrected chi connectivity index (χ2v) is 23.2.